The van der Waals surface area contributed by atoms with E-state index in [1.165, 1.54) is 38.5 Å². The Labute approximate surface area is 84.0 Å². The molecule has 0 heterocycles. The van der Waals surface area contributed by atoms with Crippen LogP contribution in [0, 0.1) is 0 Å². The zero-order valence-corrected chi connectivity index (χ0v) is 9.84. The van der Waals surface area contributed by atoms with Gasteiger partial charge in [0.15, 0.2) is 0 Å². The van der Waals surface area contributed by atoms with Crippen LogP contribution in [-0.2, 0) is 0 Å². The smallest absolute Gasteiger partial charge is 0.0911 e. The molecule has 0 atom stereocenters. The van der Waals surface area contributed by atoms with Crippen molar-refractivity contribution >= 4 is 0 Å². The standard InChI is InChI=1S/C12H26N/c1-5-6-7-8-9-10-11-12-13(2,3)4/h11-12H,5-10H2,1-4H3/q+1. The molecule has 0 aliphatic heterocycles. The second-order valence-corrected chi connectivity index (χ2v) is 4.70. The van der Waals surface area contributed by atoms with Gasteiger partial charge in [0.25, 0.3) is 0 Å². The minimum atomic E-state index is 0.939. The lowest BCUT2D eigenvalue weighted by Crippen LogP contribution is -2.26. The van der Waals surface area contributed by atoms with Crippen molar-refractivity contribution in [2.75, 3.05) is 21.1 Å². The lowest BCUT2D eigenvalue weighted by atomic mass is 10.1. The van der Waals surface area contributed by atoms with Crippen molar-refractivity contribution < 1.29 is 4.48 Å². The van der Waals surface area contributed by atoms with Gasteiger partial charge in [-0.05, 0) is 18.9 Å². The minimum absolute atomic E-state index is 0.939. The van der Waals surface area contributed by atoms with Crippen LogP contribution in [0.25, 0.3) is 0 Å². The molecule has 1 nitrogen and oxygen atoms in total. The third kappa shape index (κ3) is 11.7. The fraction of sp³-hybridized carbons (Fsp3) is 0.833. The quantitative estimate of drug-likeness (QED) is 0.419. The largest absolute Gasteiger partial charge is 0.305 e. The third-order valence-corrected chi connectivity index (χ3v) is 2.03. The van der Waals surface area contributed by atoms with Gasteiger partial charge in [-0.2, -0.15) is 0 Å². The highest BCUT2D eigenvalue weighted by Crippen LogP contribution is 2.05. The molecule has 0 amide bonds. The van der Waals surface area contributed by atoms with Gasteiger partial charge in [-0.1, -0.05) is 32.6 Å². The van der Waals surface area contributed by atoms with Crippen LogP contribution in [0.4, 0.5) is 0 Å². The molecule has 0 aromatic heterocycles. The van der Waals surface area contributed by atoms with Gasteiger partial charge in [0.05, 0.1) is 27.3 Å². The van der Waals surface area contributed by atoms with E-state index in [0.29, 0.717) is 0 Å². The van der Waals surface area contributed by atoms with E-state index in [-0.39, 0.29) is 0 Å². The molecule has 0 bridgehead atoms. The first-order valence-corrected chi connectivity index (χ1v) is 5.55. The van der Waals surface area contributed by atoms with Crippen molar-refractivity contribution in [3.63, 3.8) is 0 Å². The average Bonchev–Trinajstić information content (AvgIpc) is 2.01. The van der Waals surface area contributed by atoms with Crippen LogP contribution in [0.15, 0.2) is 12.3 Å². The first-order chi connectivity index (χ1) is 6.06. The Bertz CT molecular complexity index is 131. The molecule has 0 radical (unpaired) electrons. The number of hydrogen-bond donors (Lipinski definition) is 0. The maximum absolute atomic E-state index is 2.31. The Morgan fingerprint density at radius 3 is 2.08 bits per heavy atom. The Morgan fingerprint density at radius 1 is 0.923 bits per heavy atom. The molecule has 0 fully saturated rings. The minimum Gasteiger partial charge on any atom is -0.305 e. The Hall–Kier alpha value is -0.300. The normalized spacial score (nSPS) is 12.6. The van der Waals surface area contributed by atoms with Gasteiger partial charge in [0, 0.05) is 0 Å². The van der Waals surface area contributed by atoms with E-state index in [1.54, 1.807) is 0 Å². The summed E-state index contributed by atoms with van der Waals surface area (Å²) in [5.74, 6) is 0. The fourth-order valence-electron chi connectivity index (χ4n) is 1.26. The van der Waals surface area contributed by atoms with Crippen molar-refractivity contribution in [2.45, 2.75) is 45.4 Å². The van der Waals surface area contributed by atoms with Crippen LogP contribution in [0.3, 0.4) is 0 Å². The predicted molar refractivity (Wildman–Crippen MR) is 60.5 cm³/mol. The van der Waals surface area contributed by atoms with Gasteiger partial charge in [-0.25, -0.2) is 0 Å². The van der Waals surface area contributed by atoms with E-state index >= 15 is 0 Å². The zero-order valence-electron chi connectivity index (χ0n) is 9.84. The molecule has 13 heavy (non-hydrogen) atoms. The highest BCUT2D eigenvalue weighted by Gasteiger charge is 1.98. The van der Waals surface area contributed by atoms with E-state index < -0.39 is 0 Å². The monoisotopic (exact) mass is 184 g/mol. The predicted octanol–water partition coefficient (Wildman–Crippen LogP) is 3.57. The zero-order chi connectivity index (χ0) is 10.2. The first kappa shape index (κ1) is 12.7. The number of hydrogen-bond acceptors (Lipinski definition) is 0. The summed E-state index contributed by atoms with van der Waals surface area (Å²) in [6, 6.07) is 0. The Morgan fingerprint density at radius 2 is 1.54 bits per heavy atom. The summed E-state index contributed by atoms with van der Waals surface area (Å²) in [6.45, 7) is 2.26. The molecule has 0 unspecified atom stereocenters. The van der Waals surface area contributed by atoms with Crippen molar-refractivity contribution in [3.8, 4) is 0 Å². The van der Waals surface area contributed by atoms with Crippen molar-refractivity contribution in [2.24, 2.45) is 0 Å². The van der Waals surface area contributed by atoms with Gasteiger partial charge in [-0.15, -0.1) is 0 Å². The topological polar surface area (TPSA) is 0 Å². The molecule has 0 saturated heterocycles. The molecule has 1 heteroatoms. The van der Waals surface area contributed by atoms with Gasteiger partial charge in [0.2, 0.25) is 0 Å². The van der Waals surface area contributed by atoms with Gasteiger partial charge >= 0.3 is 0 Å². The van der Waals surface area contributed by atoms with Crippen LogP contribution in [-0.4, -0.2) is 25.6 Å². The molecule has 0 saturated carbocycles. The van der Waals surface area contributed by atoms with Crippen LogP contribution >= 0.6 is 0 Å². The van der Waals surface area contributed by atoms with E-state index in [0.717, 1.165) is 4.48 Å². The summed E-state index contributed by atoms with van der Waals surface area (Å²) in [6.07, 6.45) is 12.7. The maximum Gasteiger partial charge on any atom is 0.0911 e. The molecular weight excluding hydrogens is 158 g/mol. The molecule has 0 spiro atoms. The summed E-state index contributed by atoms with van der Waals surface area (Å²) >= 11 is 0. The highest BCUT2D eigenvalue weighted by molar-refractivity contribution is 4.72. The van der Waals surface area contributed by atoms with Gasteiger partial charge < -0.3 is 4.48 Å². The van der Waals surface area contributed by atoms with Crippen LogP contribution in [0.2, 0.25) is 0 Å². The molecular formula is C12H26N+. The highest BCUT2D eigenvalue weighted by atomic mass is 15.3. The molecule has 0 aliphatic carbocycles. The number of unbranched alkanes of at least 4 members (excludes halogenated alkanes) is 5. The molecule has 0 aliphatic rings. The number of rotatable bonds is 7. The van der Waals surface area contributed by atoms with Gasteiger partial charge in [-0.3, -0.25) is 0 Å². The van der Waals surface area contributed by atoms with Crippen molar-refractivity contribution in [1.82, 2.24) is 0 Å². The van der Waals surface area contributed by atoms with E-state index in [2.05, 4.69) is 40.3 Å². The van der Waals surface area contributed by atoms with Gasteiger partial charge in [0.1, 0.15) is 0 Å². The lowest BCUT2D eigenvalue weighted by Gasteiger charge is -2.17. The Kier molecular flexibility index (Phi) is 6.97. The summed E-state index contributed by atoms with van der Waals surface area (Å²) in [4.78, 5) is 0. The maximum atomic E-state index is 2.31. The summed E-state index contributed by atoms with van der Waals surface area (Å²) in [5.41, 5.74) is 0. The molecule has 0 N–H and O–H groups in total. The summed E-state index contributed by atoms with van der Waals surface area (Å²) in [5, 5.41) is 0. The molecule has 0 aromatic carbocycles. The molecule has 0 aromatic rings. The molecule has 0 rings (SSSR count). The second-order valence-electron chi connectivity index (χ2n) is 4.70. The SMILES string of the molecule is CCCCCCCC=C[N+](C)(C)C. The summed E-state index contributed by atoms with van der Waals surface area (Å²) in [7, 11) is 6.56. The van der Waals surface area contributed by atoms with Crippen molar-refractivity contribution in [1.29, 1.82) is 0 Å². The van der Waals surface area contributed by atoms with E-state index in [1.807, 2.05) is 0 Å². The van der Waals surface area contributed by atoms with Crippen LogP contribution in [0.5, 0.6) is 0 Å². The molecule has 78 valence electrons. The average molecular weight is 184 g/mol. The number of allylic oxidation sites excluding steroid dienone is 1. The third-order valence-electron chi connectivity index (χ3n) is 2.03. The van der Waals surface area contributed by atoms with Crippen LogP contribution < -0.4 is 0 Å². The lowest BCUT2D eigenvalue weighted by molar-refractivity contribution is -0.817. The second kappa shape index (κ2) is 7.14. The van der Waals surface area contributed by atoms with Crippen molar-refractivity contribution in [3.05, 3.63) is 12.3 Å². The van der Waals surface area contributed by atoms with E-state index in [4.69, 9.17) is 0 Å². The summed E-state index contributed by atoms with van der Waals surface area (Å²) < 4.78 is 0.939. The Balaban J connectivity index is 3.21. The van der Waals surface area contributed by atoms with E-state index in [9.17, 15) is 0 Å². The number of quaternary nitrogens is 1. The fourth-order valence-corrected chi connectivity index (χ4v) is 1.26. The first-order valence-electron chi connectivity index (χ1n) is 5.55. The number of nitrogens with zero attached hydrogens (tertiary/aromatic N) is 1. The van der Waals surface area contributed by atoms with Crippen LogP contribution in [0.1, 0.15) is 45.4 Å².